The van der Waals surface area contributed by atoms with E-state index in [0.29, 0.717) is 30.6 Å². The maximum atomic E-state index is 14.0. The molecule has 4 heterocycles. The van der Waals surface area contributed by atoms with Crippen LogP contribution in [0.2, 0.25) is 0 Å². The van der Waals surface area contributed by atoms with Crippen LogP contribution in [0, 0.1) is 5.92 Å². The van der Waals surface area contributed by atoms with Crippen molar-refractivity contribution in [3.05, 3.63) is 90.3 Å². The third kappa shape index (κ3) is 13.3. The lowest BCUT2D eigenvalue weighted by molar-refractivity contribution is -0.142. The fourth-order valence-electron chi connectivity index (χ4n) is 8.02. The molecule has 0 radical (unpaired) electrons. The minimum Gasteiger partial charge on any atom is -0.481 e. The number of hydrogen-bond donors (Lipinski definition) is 12. The van der Waals surface area contributed by atoms with Gasteiger partial charge in [-0.3, -0.25) is 33.6 Å². The maximum absolute atomic E-state index is 14.0. The van der Waals surface area contributed by atoms with Gasteiger partial charge in [-0.05, 0) is 55.0 Å². The van der Waals surface area contributed by atoms with Crippen LogP contribution in [-0.2, 0) is 57.6 Å². The van der Waals surface area contributed by atoms with E-state index in [-0.39, 0.29) is 25.2 Å². The molecule has 2 aromatic carbocycles. The number of carbonyl (C=O) groups excluding carboxylic acids is 6. The number of H-pyrrole nitrogens is 3. The molecule has 0 aliphatic carbocycles. The molecule has 21 nitrogen and oxygen atoms in total. The van der Waals surface area contributed by atoms with Crippen molar-refractivity contribution in [1.82, 2.24) is 57.2 Å². The number of nitrogens with one attached hydrogen (secondary N) is 10. The maximum Gasteiger partial charge on any atom is 0.326 e. The first-order valence-corrected chi connectivity index (χ1v) is 22.2. The van der Waals surface area contributed by atoms with Crippen LogP contribution in [0.5, 0.6) is 0 Å². The zero-order chi connectivity index (χ0) is 48.0. The lowest BCUT2D eigenvalue weighted by atomic mass is 9.96. The van der Waals surface area contributed by atoms with Crippen molar-refractivity contribution in [2.75, 3.05) is 13.1 Å². The summed E-state index contributed by atoms with van der Waals surface area (Å²) in [6.45, 7) is 3.49. The van der Waals surface area contributed by atoms with Crippen LogP contribution >= 0.6 is 0 Å². The van der Waals surface area contributed by atoms with Gasteiger partial charge in [0.15, 0.2) is 0 Å². The number of fused-ring (bicyclic) bond motifs is 2. The fraction of sp³-hybridized carbons (Fsp3) is 0.413. The average molecular weight is 924 g/mol. The molecular weight excluding hydrogens is 867 g/mol. The third-order valence-corrected chi connectivity index (χ3v) is 11.9. The zero-order valence-corrected chi connectivity index (χ0v) is 37.1. The number of para-hydroxylation sites is 2. The van der Waals surface area contributed by atoms with Gasteiger partial charge in [0.25, 0.3) is 0 Å². The summed E-state index contributed by atoms with van der Waals surface area (Å²) in [7, 11) is 0. The van der Waals surface area contributed by atoms with Crippen LogP contribution in [-0.4, -0.2) is 127 Å². The first-order valence-electron chi connectivity index (χ1n) is 22.2. The van der Waals surface area contributed by atoms with Crippen molar-refractivity contribution in [1.29, 1.82) is 0 Å². The number of imidazole rings is 1. The van der Waals surface area contributed by atoms with Crippen LogP contribution in [0.15, 0.2) is 73.4 Å². The molecule has 5 aromatic rings. The minimum absolute atomic E-state index is 0.0725. The van der Waals surface area contributed by atoms with Gasteiger partial charge in [-0.1, -0.05) is 56.7 Å². The number of rotatable bonds is 24. The quantitative estimate of drug-likeness (QED) is 0.0407. The van der Waals surface area contributed by atoms with Gasteiger partial charge in [0.1, 0.15) is 30.2 Å². The van der Waals surface area contributed by atoms with Crippen LogP contribution < -0.4 is 37.2 Å². The lowest BCUT2D eigenvalue weighted by Gasteiger charge is -2.28. The van der Waals surface area contributed by atoms with Crippen molar-refractivity contribution < 1.29 is 48.6 Å². The Morgan fingerprint density at radius 1 is 0.716 bits per heavy atom. The van der Waals surface area contributed by atoms with Gasteiger partial charge >= 0.3 is 11.9 Å². The summed E-state index contributed by atoms with van der Waals surface area (Å²) in [4.78, 5) is 119. The minimum atomic E-state index is -1.53. The molecule has 67 heavy (non-hydrogen) atoms. The second-order valence-electron chi connectivity index (χ2n) is 16.7. The molecule has 3 aromatic heterocycles. The first-order chi connectivity index (χ1) is 32.2. The second kappa shape index (κ2) is 23.1. The number of carboxylic acid groups (broad SMARTS) is 2. The Bertz CT molecular complexity index is 2550. The third-order valence-electron chi connectivity index (χ3n) is 11.9. The van der Waals surface area contributed by atoms with E-state index >= 15 is 0 Å². The molecule has 1 saturated heterocycles. The number of nitrogens with zero attached hydrogens (tertiary/aromatic N) is 1. The lowest BCUT2D eigenvalue weighted by Crippen LogP contribution is -2.60. The molecule has 1 fully saturated rings. The predicted octanol–water partition coefficient (Wildman–Crippen LogP) is 0.688. The molecular formula is C46H57N11O10. The van der Waals surface area contributed by atoms with E-state index < -0.39 is 103 Å². The molecule has 1 aliphatic rings. The van der Waals surface area contributed by atoms with Crippen molar-refractivity contribution in [3.63, 3.8) is 0 Å². The molecule has 0 unspecified atom stereocenters. The predicted molar refractivity (Wildman–Crippen MR) is 244 cm³/mol. The van der Waals surface area contributed by atoms with Crippen LogP contribution in [0.25, 0.3) is 21.8 Å². The van der Waals surface area contributed by atoms with Gasteiger partial charge < -0.3 is 62.4 Å². The summed E-state index contributed by atoms with van der Waals surface area (Å²) in [5, 5.41) is 40.1. The van der Waals surface area contributed by atoms with E-state index in [1.807, 2.05) is 42.5 Å². The fourth-order valence-corrected chi connectivity index (χ4v) is 8.02. The smallest absolute Gasteiger partial charge is 0.326 e. The van der Waals surface area contributed by atoms with Crippen LogP contribution in [0.3, 0.4) is 0 Å². The number of aromatic nitrogens is 4. The van der Waals surface area contributed by atoms with Crippen LogP contribution in [0.4, 0.5) is 0 Å². The van der Waals surface area contributed by atoms with E-state index in [1.54, 1.807) is 32.3 Å². The first kappa shape index (κ1) is 48.9. The van der Waals surface area contributed by atoms with Gasteiger partial charge in [-0.2, -0.15) is 0 Å². The topological polar surface area (TPSA) is 321 Å². The highest BCUT2D eigenvalue weighted by Gasteiger charge is 2.35. The molecule has 1 aliphatic heterocycles. The SMILES string of the molecule is CC[C@H](C)[C@H](NC(=O)[C@H](CCC(=O)O)NC(=O)[C@H](Cc1cnc[nH]1)NC(=O)CNC(=O)[C@H](Cc1c[nH]c2ccccc12)NC(=O)[C@@H]1CCCN1)C(=O)N[C@@H](Cc1c[nH]c2ccccc12)C(=O)O. The summed E-state index contributed by atoms with van der Waals surface area (Å²) in [5.41, 5.74) is 3.44. The van der Waals surface area contributed by atoms with Gasteiger partial charge in [-0.15, -0.1) is 0 Å². The number of benzene rings is 2. The Hall–Kier alpha value is -7.55. The normalized spacial score (nSPS) is 16.2. The number of aliphatic carboxylic acids is 2. The highest BCUT2D eigenvalue weighted by Crippen LogP contribution is 2.21. The van der Waals surface area contributed by atoms with E-state index in [1.165, 1.54) is 12.5 Å². The van der Waals surface area contributed by atoms with E-state index in [4.69, 9.17) is 0 Å². The summed E-state index contributed by atoms with van der Waals surface area (Å²) in [6, 6.07) is 7.61. The summed E-state index contributed by atoms with van der Waals surface area (Å²) in [6.07, 6.45) is 6.83. The molecule has 356 valence electrons. The molecule has 6 amide bonds. The van der Waals surface area contributed by atoms with Crippen molar-refractivity contribution in [2.45, 2.75) is 101 Å². The van der Waals surface area contributed by atoms with Gasteiger partial charge in [0, 0.05) is 71.8 Å². The highest BCUT2D eigenvalue weighted by atomic mass is 16.4. The summed E-state index contributed by atoms with van der Waals surface area (Å²) < 4.78 is 0. The summed E-state index contributed by atoms with van der Waals surface area (Å²) >= 11 is 0. The molecule has 6 rings (SSSR count). The Balaban J connectivity index is 1.13. The number of aromatic amines is 3. The monoisotopic (exact) mass is 923 g/mol. The second-order valence-corrected chi connectivity index (χ2v) is 16.7. The number of carboxylic acids is 2. The Kier molecular flexibility index (Phi) is 16.8. The summed E-state index contributed by atoms with van der Waals surface area (Å²) in [5.74, 6) is -7.57. The Morgan fingerprint density at radius 2 is 1.33 bits per heavy atom. The van der Waals surface area contributed by atoms with Crippen molar-refractivity contribution in [2.24, 2.45) is 5.92 Å². The van der Waals surface area contributed by atoms with Crippen molar-refractivity contribution in [3.8, 4) is 0 Å². The Labute approximate surface area is 384 Å². The standard InChI is InChI=1S/C46H57N11O10/c1-3-25(2)40(45(65)56-37(46(66)67)18-27-21-50-32-12-7-5-10-30(27)32)57-43(63)34(14-15-39(59)60)54-44(64)36(19-28-22-47-24-52-28)53-38(58)23-51-41(61)35(55-42(62)33-13-8-16-48-33)17-26-20-49-31-11-6-4-9-29(26)31/h4-7,9-12,20-22,24-25,33-37,40,48-50H,3,8,13-19,23H2,1-2H3,(H,47,52)(H,51,61)(H,53,58)(H,54,64)(H,55,62)(H,56,65)(H,57,63)(H,59,60)(H,66,67)/t25-,33-,34-,35-,36-,37-,40-/m0/s1. The zero-order valence-electron chi connectivity index (χ0n) is 37.1. The van der Waals surface area contributed by atoms with Crippen LogP contribution in [0.1, 0.15) is 62.8 Å². The number of hydrogen-bond acceptors (Lipinski definition) is 10. The molecule has 7 atom stereocenters. The van der Waals surface area contributed by atoms with Gasteiger partial charge in [0.2, 0.25) is 35.4 Å². The van der Waals surface area contributed by atoms with Crippen molar-refractivity contribution >= 4 is 69.2 Å². The largest absolute Gasteiger partial charge is 0.481 e. The number of amides is 6. The van der Waals surface area contributed by atoms with E-state index in [0.717, 1.165) is 33.8 Å². The molecule has 0 bridgehead atoms. The average Bonchev–Trinajstić information content (AvgIpc) is 4.17. The number of carbonyl (C=O) groups is 8. The highest BCUT2D eigenvalue weighted by molar-refractivity contribution is 5.97. The van der Waals surface area contributed by atoms with E-state index in [9.17, 15) is 48.6 Å². The Morgan fingerprint density at radius 3 is 1.91 bits per heavy atom. The molecule has 0 saturated carbocycles. The molecule has 21 heteroatoms. The van der Waals surface area contributed by atoms with E-state index in [2.05, 4.69) is 57.2 Å². The molecule has 12 N–H and O–H groups in total. The molecule has 0 spiro atoms. The van der Waals surface area contributed by atoms with Gasteiger partial charge in [-0.25, -0.2) is 9.78 Å². The van der Waals surface area contributed by atoms with Gasteiger partial charge in [0.05, 0.1) is 18.9 Å².